The molecule has 27 heavy (non-hydrogen) atoms. The molecule has 0 aliphatic heterocycles. The highest BCUT2D eigenvalue weighted by Crippen LogP contribution is 2.55. The van der Waals surface area contributed by atoms with E-state index in [-0.39, 0.29) is 36.4 Å². The predicted molar refractivity (Wildman–Crippen MR) is 99.6 cm³/mol. The molecule has 5 aliphatic rings. The standard InChI is InChI=1S/C21H32N2O4/c24-18(23-21-9-14-6-15(10-21)8-16(7-14)11-21)13-27-19(25)12-22-20(26)17-4-2-1-3-5-17/h14-17H,1-13H2,(H,22,26)(H,23,24). The number of esters is 1. The number of nitrogens with one attached hydrogen (secondary N) is 2. The average Bonchev–Trinajstić information content (AvgIpc) is 2.63. The molecule has 5 saturated carbocycles. The zero-order valence-corrected chi connectivity index (χ0v) is 16.1. The molecule has 0 saturated heterocycles. The summed E-state index contributed by atoms with van der Waals surface area (Å²) in [6.07, 6.45) is 12.3. The Hall–Kier alpha value is -1.59. The maximum atomic E-state index is 12.3. The van der Waals surface area contributed by atoms with Crippen molar-refractivity contribution in [3.05, 3.63) is 0 Å². The number of carbonyl (C=O) groups excluding carboxylic acids is 3. The molecule has 0 unspecified atom stereocenters. The van der Waals surface area contributed by atoms with Gasteiger partial charge in [-0.1, -0.05) is 19.3 Å². The second-order valence-corrected chi connectivity index (χ2v) is 9.46. The third-order valence-corrected chi connectivity index (χ3v) is 7.19. The van der Waals surface area contributed by atoms with Crippen molar-refractivity contribution < 1.29 is 19.1 Å². The first-order valence-corrected chi connectivity index (χ1v) is 10.8. The van der Waals surface area contributed by atoms with Crippen LogP contribution >= 0.6 is 0 Å². The number of amides is 2. The van der Waals surface area contributed by atoms with Gasteiger partial charge in [0.15, 0.2) is 6.61 Å². The lowest BCUT2D eigenvalue weighted by Crippen LogP contribution is -2.60. The van der Waals surface area contributed by atoms with Crippen LogP contribution in [0.4, 0.5) is 0 Å². The molecule has 0 spiro atoms. The summed E-state index contributed by atoms with van der Waals surface area (Å²) in [4.78, 5) is 36.3. The van der Waals surface area contributed by atoms with Crippen LogP contribution in [0.25, 0.3) is 0 Å². The van der Waals surface area contributed by atoms with E-state index in [0.29, 0.717) is 0 Å². The lowest BCUT2D eigenvalue weighted by Gasteiger charge is -2.56. The molecule has 0 aromatic carbocycles. The molecule has 0 aromatic heterocycles. The van der Waals surface area contributed by atoms with E-state index in [2.05, 4.69) is 10.6 Å². The molecular weight excluding hydrogens is 344 g/mol. The number of rotatable bonds is 6. The van der Waals surface area contributed by atoms with Crippen molar-refractivity contribution >= 4 is 17.8 Å². The third kappa shape index (κ3) is 4.46. The Morgan fingerprint density at radius 3 is 2.07 bits per heavy atom. The Morgan fingerprint density at radius 2 is 1.48 bits per heavy atom. The van der Waals surface area contributed by atoms with Crippen LogP contribution in [0.5, 0.6) is 0 Å². The molecule has 0 heterocycles. The highest BCUT2D eigenvalue weighted by atomic mass is 16.5. The second kappa shape index (κ2) is 7.80. The van der Waals surface area contributed by atoms with Gasteiger partial charge in [0.1, 0.15) is 6.54 Å². The highest BCUT2D eigenvalue weighted by Gasteiger charge is 2.51. The average molecular weight is 376 g/mol. The van der Waals surface area contributed by atoms with Gasteiger partial charge in [0, 0.05) is 11.5 Å². The van der Waals surface area contributed by atoms with Crippen LogP contribution in [-0.2, 0) is 19.1 Å². The lowest BCUT2D eigenvalue weighted by molar-refractivity contribution is -0.150. The van der Waals surface area contributed by atoms with Gasteiger partial charge < -0.3 is 15.4 Å². The summed E-state index contributed by atoms with van der Waals surface area (Å²) in [6.45, 7) is -0.403. The number of carbonyl (C=O) groups is 3. The summed E-state index contributed by atoms with van der Waals surface area (Å²) in [6, 6.07) is 0. The van der Waals surface area contributed by atoms with Crippen LogP contribution in [0.15, 0.2) is 0 Å². The molecule has 4 bridgehead atoms. The first-order valence-electron chi connectivity index (χ1n) is 10.8. The fraction of sp³-hybridized carbons (Fsp3) is 0.857. The number of ether oxygens (including phenoxy) is 1. The Labute approximate surface area is 161 Å². The lowest BCUT2D eigenvalue weighted by atomic mass is 9.53. The summed E-state index contributed by atoms with van der Waals surface area (Å²) in [5.74, 6) is 1.48. The SMILES string of the molecule is O=C(COC(=O)CNC(=O)C1CCCCC1)NC12CC3CC(CC(C3)C1)C2. The van der Waals surface area contributed by atoms with Crippen LogP contribution in [0.1, 0.15) is 70.6 Å². The molecule has 2 amide bonds. The Balaban J connectivity index is 1.17. The van der Waals surface area contributed by atoms with Crippen molar-refractivity contribution in [3.8, 4) is 0 Å². The van der Waals surface area contributed by atoms with Crippen molar-refractivity contribution in [1.82, 2.24) is 10.6 Å². The Bertz CT molecular complexity index is 562. The molecule has 5 aliphatic carbocycles. The quantitative estimate of drug-likeness (QED) is 0.697. The van der Waals surface area contributed by atoms with Crippen molar-refractivity contribution in [2.75, 3.05) is 13.2 Å². The van der Waals surface area contributed by atoms with Gasteiger partial charge >= 0.3 is 5.97 Å². The van der Waals surface area contributed by atoms with Crippen molar-refractivity contribution in [1.29, 1.82) is 0 Å². The zero-order chi connectivity index (χ0) is 18.9. The van der Waals surface area contributed by atoms with E-state index < -0.39 is 5.97 Å². The highest BCUT2D eigenvalue weighted by molar-refractivity contribution is 5.85. The van der Waals surface area contributed by atoms with Gasteiger partial charge in [-0.2, -0.15) is 0 Å². The molecule has 0 aromatic rings. The van der Waals surface area contributed by atoms with Crippen LogP contribution < -0.4 is 10.6 Å². The van der Waals surface area contributed by atoms with Crippen molar-refractivity contribution in [3.63, 3.8) is 0 Å². The van der Waals surface area contributed by atoms with E-state index in [0.717, 1.165) is 62.7 Å². The van der Waals surface area contributed by atoms with Gasteiger partial charge in [0.05, 0.1) is 0 Å². The van der Waals surface area contributed by atoms with Gasteiger partial charge in [-0.25, -0.2) is 0 Å². The normalized spacial score (nSPS) is 34.9. The topological polar surface area (TPSA) is 84.5 Å². The van der Waals surface area contributed by atoms with Gasteiger partial charge in [-0.05, 0) is 69.1 Å². The van der Waals surface area contributed by atoms with E-state index in [1.807, 2.05) is 0 Å². The van der Waals surface area contributed by atoms with Crippen LogP contribution in [0, 0.1) is 23.7 Å². The molecule has 5 rings (SSSR count). The number of hydrogen-bond donors (Lipinski definition) is 2. The predicted octanol–water partition coefficient (Wildman–Crippen LogP) is 2.31. The molecule has 150 valence electrons. The summed E-state index contributed by atoms with van der Waals surface area (Å²) < 4.78 is 5.09. The van der Waals surface area contributed by atoms with Crippen LogP contribution in [0.3, 0.4) is 0 Å². The fourth-order valence-electron chi connectivity index (χ4n) is 6.46. The molecular formula is C21H32N2O4. The van der Waals surface area contributed by atoms with Crippen molar-refractivity contribution in [2.24, 2.45) is 23.7 Å². The van der Waals surface area contributed by atoms with Gasteiger partial charge in [0.25, 0.3) is 5.91 Å². The maximum Gasteiger partial charge on any atom is 0.325 e. The van der Waals surface area contributed by atoms with E-state index in [1.54, 1.807) is 0 Å². The summed E-state index contributed by atoms with van der Waals surface area (Å²) in [5.41, 5.74) is -0.0621. The fourth-order valence-corrected chi connectivity index (χ4v) is 6.46. The summed E-state index contributed by atoms with van der Waals surface area (Å²) >= 11 is 0. The van der Waals surface area contributed by atoms with Crippen LogP contribution in [-0.4, -0.2) is 36.5 Å². The molecule has 6 heteroatoms. The minimum Gasteiger partial charge on any atom is -0.454 e. The second-order valence-electron chi connectivity index (χ2n) is 9.46. The van der Waals surface area contributed by atoms with Gasteiger partial charge in [0.2, 0.25) is 5.91 Å². The minimum atomic E-state index is -0.542. The van der Waals surface area contributed by atoms with E-state index in [1.165, 1.54) is 25.7 Å². The Morgan fingerprint density at radius 1 is 0.889 bits per heavy atom. The molecule has 5 fully saturated rings. The summed E-state index contributed by atoms with van der Waals surface area (Å²) in [7, 11) is 0. The molecule has 0 atom stereocenters. The van der Waals surface area contributed by atoms with Crippen LogP contribution in [0.2, 0.25) is 0 Å². The van der Waals surface area contributed by atoms with E-state index in [4.69, 9.17) is 4.74 Å². The first-order chi connectivity index (χ1) is 13.0. The maximum absolute atomic E-state index is 12.3. The smallest absolute Gasteiger partial charge is 0.325 e. The Kier molecular flexibility index (Phi) is 5.42. The summed E-state index contributed by atoms with van der Waals surface area (Å²) in [5, 5.41) is 5.85. The van der Waals surface area contributed by atoms with Crippen molar-refractivity contribution in [2.45, 2.75) is 76.2 Å². The number of hydrogen-bond acceptors (Lipinski definition) is 4. The molecule has 2 N–H and O–H groups in total. The first kappa shape index (κ1) is 18.8. The zero-order valence-electron chi connectivity index (χ0n) is 16.1. The minimum absolute atomic E-state index is 0.0194. The third-order valence-electron chi connectivity index (χ3n) is 7.19. The molecule has 6 nitrogen and oxygen atoms in total. The van der Waals surface area contributed by atoms with Gasteiger partial charge in [-0.3, -0.25) is 14.4 Å². The monoisotopic (exact) mass is 376 g/mol. The van der Waals surface area contributed by atoms with E-state index in [9.17, 15) is 14.4 Å². The van der Waals surface area contributed by atoms with E-state index >= 15 is 0 Å². The molecule has 0 radical (unpaired) electrons. The largest absolute Gasteiger partial charge is 0.454 e. The van der Waals surface area contributed by atoms with Gasteiger partial charge in [-0.15, -0.1) is 0 Å².